The Kier molecular flexibility index (Phi) is 8.33. The van der Waals surface area contributed by atoms with Crippen molar-refractivity contribution in [3.8, 4) is 16.8 Å². The number of aryl methyl sites for hydroxylation is 6. The maximum Gasteiger partial charge on any atom is 0.242 e. The number of benzene rings is 8. The fraction of sp³-hybridized carbons (Fsp3) is 0.250. The van der Waals surface area contributed by atoms with E-state index < -0.39 is 0 Å². The van der Waals surface area contributed by atoms with Crippen molar-refractivity contribution >= 4 is 76.4 Å². The standard InChI is InChI=1S/C64H56BNS/c1-38-27-40(3)60(41(4)28-38)65(61-42(5)29-39(2)30-43(61)6)49-22-26-59-54(32-49)53-31-45(17-25-58(53)67-59)44-15-18-48(19-16-44)64-36-62(33-46-34-63(64,37-64)55(46)35-62)47-20-23-50(24-21-47)66-56-13-9-7-11-51(56)52-12-8-10-14-57(52)66/h7-32,46,55H,33-37H2,1-6H3/t46?,55-,62?,63?,64?/m0/s1. The molecule has 67 heavy (non-hydrogen) atoms. The van der Waals surface area contributed by atoms with Gasteiger partial charge in [-0.2, -0.15) is 0 Å². The van der Waals surface area contributed by atoms with Gasteiger partial charge in [0.15, 0.2) is 0 Å². The summed E-state index contributed by atoms with van der Waals surface area (Å²) in [5.74, 6) is 1.76. The molecule has 2 heterocycles. The topological polar surface area (TPSA) is 4.93 Å². The van der Waals surface area contributed by atoms with Crippen molar-refractivity contribution in [3.05, 3.63) is 202 Å². The van der Waals surface area contributed by atoms with Gasteiger partial charge in [0.2, 0.25) is 6.71 Å². The van der Waals surface area contributed by atoms with Gasteiger partial charge in [0.05, 0.1) is 11.0 Å². The summed E-state index contributed by atoms with van der Waals surface area (Å²) < 4.78 is 5.19. The summed E-state index contributed by atoms with van der Waals surface area (Å²) in [6.45, 7) is 13.9. The van der Waals surface area contributed by atoms with Gasteiger partial charge in [-0.15, -0.1) is 11.3 Å². The van der Waals surface area contributed by atoms with Gasteiger partial charge in [0.25, 0.3) is 0 Å². The fourth-order valence-electron chi connectivity index (χ4n) is 15.7. The minimum Gasteiger partial charge on any atom is -0.309 e. The first kappa shape index (κ1) is 40.0. The number of fused-ring (bicyclic) bond motifs is 7. The molecule has 3 heteroatoms. The summed E-state index contributed by atoms with van der Waals surface area (Å²) in [5, 5.41) is 5.39. The Labute approximate surface area is 399 Å². The highest BCUT2D eigenvalue weighted by molar-refractivity contribution is 7.25. The van der Waals surface area contributed by atoms with E-state index in [1.54, 1.807) is 11.1 Å². The van der Waals surface area contributed by atoms with E-state index in [2.05, 4.69) is 204 Å². The van der Waals surface area contributed by atoms with Crippen LogP contribution < -0.4 is 16.4 Å². The Morgan fingerprint density at radius 1 is 0.493 bits per heavy atom. The number of thiophene rings is 1. The first-order valence-corrected chi connectivity index (χ1v) is 25.7. The normalized spacial score (nSPS) is 23.6. The van der Waals surface area contributed by atoms with Crippen LogP contribution >= 0.6 is 11.3 Å². The quantitative estimate of drug-likeness (QED) is 0.141. The summed E-state index contributed by atoms with van der Waals surface area (Å²) in [6, 6.07) is 61.7. The lowest BCUT2D eigenvalue weighted by atomic mass is 9.34. The lowest BCUT2D eigenvalue weighted by molar-refractivity contribution is 0.0415. The molecule has 4 saturated carbocycles. The maximum atomic E-state index is 2.54. The van der Waals surface area contributed by atoms with Crippen molar-refractivity contribution in [1.82, 2.24) is 4.57 Å². The van der Waals surface area contributed by atoms with E-state index in [9.17, 15) is 0 Å². The molecule has 14 rings (SSSR count). The number of nitrogens with zero attached hydrogens (tertiary/aromatic N) is 1. The Morgan fingerprint density at radius 2 is 1.04 bits per heavy atom. The Balaban J connectivity index is 0.799. The molecular formula is C64H56BNS. The average molecular weight is 882 g/mol. The van der Waals surface area contributed by atoms with E-state index in [-0.39, 0.29) is 12.1 Å². The predicted octanol–water partition coefficient (Wildman–Crippen LogP) is 14.6. The van der Waals surface area contributed by atoms with Crippen molar-refractivity contribution < 1.29 is 0 Å². The number of aromatic nitrogens is 1. The summed E-state index contributed by atoms with van der Waals surface area (Å²) >= 11 is 1.93. The average Bonchev–Trinajstić information content (AvgIpc) is 3.61. The smallest absolute Gasteiger partial charge is 0.242 e. The molecule has 0 N–H and O–H groups in total. The van der Waals surface area contributed by atoms with Crippen LogP contribution in [-0.4, -0.2) is 11.3 Å². The fourth-order valence-corrected chi connectivity index (χ4v) is 16.8. The lowest BCUT2D eigenvalue weighted by Crippen LogP contribution is -2.55. The van der Waals surface area contributed by atoms with E-state index >= 15 is 0 Å². The highest BCUT2D eigenvalue weighted by Crippen LogP contribution is 2.89. The van der Waals surface area contributed by atoms with E-state index in [0.29, 0.717) is 10.8 Å². The molecule has 0 radical (unpaired) electrons. The van der Waals surface area contributed by atoms with E-state index in [0.717, 1.165) is 11.8 Å². The van der Waals surface area contributed by atoms with Gasteiger partial charge in [0.1, 0.15) is 0 Å². The molecule has 2 aromatic heterocycles. The summed E-state index contributed by atoms with van der Waals surface area (Å²) in [4.78, 5) is 0. The van der Waals surface area contributed by atoms with Crippen molar-refractivity contribution in [2.75, 3.05) is 0 Å². The minimum absolute atomic E-state index is 0.159. The predicted molar refractivity (Wildman–Crippen MR) is 287 cm³/mol. The van der Waals surface area contributed by atoms with E-state index in [1.165, 1.54) is 141 Å². The van der Waals surface area contributed by atoms with Crippen LogP contribution in [0.3, 0.4) is 0 Å². The summed E-state index contributed by atoms with van der Waals surface area (Å²) in [6.07, 6.45) is 6.83. The van der Waals surface area contributed by atoms with Crippen LogP contribution in [0.25, 0.3) is 58.8 Å². The van der Waals surface area contributed by atoms with E-state index in [4.69, 9.17) is 0 Å². The van der Waals surface area contributed by atoms with Crippen molar-refractivity contribution in [3.63, 3.8) is 0 Å². The third-order valence-corrected chi connectivity index (χ3v) is 19.4. The van der Waals surface area contributed by atoms with Crippen LogP contribution in [-0.2, 0) is 10.8 Å². The maximum absolute atomic E-state index is 2.54. The van der Waals surface area contributed by atoms with Crippen molar-refractivity contribution in [2.45, 2.75) is 84.5 Å². The molecule has 326 valence electrons. The molecule has 4 aliphatic rings. The largest absolute Gasteiger partial charge is 0.309 e. The molecule has 5 atom stereocenters. The Morgan fingerprint density at radius 3 is 1.67 bits per heavy atom. The molecule has 1 nitrogen and oxygen atoms in total. The number of para-hydroxylation sites is 2. The highest BCUT2D eigenvalue weighted by Gasteiger charge is 2.83. The summed E-state index contributed by atoms with van der Waals surface area (Å²) in [5.41, 5.74) is 23.1. The number of hydrogen-bond donors (Lipinski definition) is 0. The Bertz CT molecular complexity index is 3560. The molecule has 4 aliphatic carbocycles. The molecule has 1 spiro atoms. The van der Waals surface area contributed by atoms with Crippen LogP contribution in [0.2, 0.25) is 0 Å². The molecule has 0 saturated heterocycles. The van der Waals surface area contributed by atoms with Crippen LogP contribution in [0, 0.1) is 58.8 Å². The SMILES string of the molecule is Cc1cc(C)c(B(c2ccc3sc4ccc(-c5ccc(C67CC8(c9ccc(-n%10c%11ccccc%11c%11ccccc%11%10)cc9)CC9CC6(C7)[C@H]9C8)cc5)cc4c3c2)c2c(C)cc(C)cc2C)c(C)c1. The second-order valence-electron chi connectivity index (χ2n) is 22.0. The number of rotatable bonds is 7. The third-order valence-electron chi connectivity index (χ3n) is 18.2. The molecule has 10 aromatic rings. The van der Waals surface area contributed by atoms with Gasteiger partial charge in [-0.05, 0) is 166 Å². The van der Waals surface area contributed by atoms with Gasteiger partial charge in [-0.25, -0.2) is 0 Å². The zero-order chi connectivity index (χ0) is 45.1. The van der Waals surface area contributed by atoms with Crippen LogP contribution in [0.1, 0.15) is 76.6 Å². The van der Waals surface area contributed by atoms with Gasteiger partial charge in [-0.1, -0.05) is 165 Å². The highest BCUT2D eigenvalue weighted by atomic mass is 32.1. The minimum atomic E-state index is 0.159. The second-order valence-corrected chi connectivity index (χ2v) is 23.1. The van der Waals surface area contributed by atoms with E-state index in [1.807, 2.05) is 11.3 Å². The third kappa shape index (κ3) is 5.56. The first-order valence-electron chi connectivity index (χ1n) is 24.8. The van der Waals surface area contributed by atoms with Crippen molar-refractivity contribution in [1.29, 1.82) is 0 Å². The van der Waals surface area contributed by atoms with Crippen LogP contribution in [0.5, 0.6) is 0 Å². The zero-order valence-electron chi connectivity index (χ0n) is 39.6. The monoisotopic (exact) mass is 881 g/mol. The zero-order valence-corrected chi connectivity index (χ0v) is 40.5. The van der Waals surface area contributed by atoms with Crippen LogP contribution in [0.4, 0.5) is 0 Å². The molecule has 8 aromatic carbocycles. The molecule has 0 aliphatic heterocycles. The first-order chi connectivity index (χ1) is 32.5. The van der Waals surface area contributed by atoms with Gasteiger partial charge in [0, 0.05) is 36.7 Å². The second kappa shape index (κ2) is 14.0. The van der Waals surface area contributed by atoms with Gasteiger partial charge >= 0.3 is 0 Å². The molecule has 4 unspecified atom stereocenters. The van der Waals surface area contributed by atoms with Crippen LogP contribution in [0.15, 0.2) is 158 Å². The van der Waals surface area contributed by atoms with Crippen molar-refractivity contribution in [2.24, 2.45) is 17.3 Å². The molecular weight excluding hydrogens is 826 g/mol. The molecule has 0 amide bonds. The molecule has 4 fully saturated rings. The molecule has 2 bridgehead atoms. The number of hydrogen-bond acceptors (Lipinski definition) is 1. The lowest BCUT2D eigenvalue weighted by Gasteiger charge is -2.49. The van der Waals surface area contributed by atoms with Gasteiger partial charge < -0.3 is 4.57 Å². The summed E-state index contributed by atoms with van der Waals surface area (Å²) in [7, 11) is 0. The Hall–Kier alpha value is -6.16. The van der Waals surface area contributed by atoms with Gasteiger partial charge in [-0.3, -0.25) is 0 Å².